The molecule has 0 aromatic heterocycles. The zero-order valence-electron chi connectivity index (χ0n) is 10.5. The van der Waals surface area contributed by atoms with Gasteiger partial charge in [0.1, 0.15) is 0 Å². The third kappa shape index (κ3) is 2.46. The summed E-state index contributed by atoms with van der Waals surface area (Å²) in [4.78, 5) is 23.0. The van der Waals surface area contributed by atoms with Gasteiger partial charge in [-0.25, -0.2) is 0 Å². The highest BCUT2D eigenvalue weighted by molar-refractivity contribution is 6.02. The van der Waals surface area contributed by atoms with Crippen molar-refractivity contribution in [1.82, 2.24) is 0 Å². The van der Waals surface area contributed by atoms with Crippen LogP contribution in [0.5, 0.6) is 0 Å². The molecule has 0 bridgehead atoms. The van der Waals surface area contributed by atoms with Crippen LogP contribution >= 0.6 is 0 Å². The Morgan fingerprint density at radius 1 is 1.37 bits per heavy atom. The molecule has 2 unspecified atom stereocenters. The zero-order chi connectivity index (χ0) is 13.9. The van der Waals surface area contributed by atoms with E-state index in [0.29, 0.717) is 12.8 Å². The van der Waals surface area contributed by atoms with Crippen LogP contribution in [0.3, 0.4) is 0 Å². The minimum atomic E-state index is -1.57. The van der Waals surface area contributed by atoms with Crippen molar-refractivity contribution in [2.45, 2.75) is 32.0 Å². The molecule has 0 spiro atoms. The molecule has 0 saturated heterocycles. The highest BCUT2D eigenvalue weighted by Crippen LogP contribution is 2.40. The SMILES string of the molecule is NC(=O)C1(C(=O)O)CCCC1OCc1ccccc1. The first-order valence-corrected chi connectivity index (χ1v) is 6.26. The number of hydrogen-bond acceptors (Lipinski definition) is 3. The fraction of sp³-hybridized carbons (Fsp3) is 0.429. The molecule has 0 aliphatic heterocycles. The summed E-state index contributed by atoms with van der Waals surface area (Å²) in [5.41, 5.74) is 4.66. The summed E-state index contributed by atoms with van der Waals surface area (Å²) in [5.74, 6) is -1.99. The van der Waals surface area contributed by atoms with Crippen LogP contribution in [0.1, 0.15) is 24.8 Å². The van der Waals surface area contributed by atoms with Gasteiger partial charge in [-0.2, -0.15) is 0 Å². The van der Waals surface area contributed by atoms with Gasteiger partial charge in [0, 0.05) is 0 Å². The molecular weight excluding hydrogens is 246 g/mol. The largest absolute Gasteiger partial charge is 0.480 e. The number of ether oxygens (including phenoxy) is 1. The number of primary amides is 1. The van der Waals surface area contributed by atoms with E-state index < -0.39 is 23.4 Å². The Morgan fingerprint density at radius 3 is 2.63 bits per heavy atom. The number of carbonyl (C=O) groups excluding carboxylic acids is 1. The van der Waals surface area contributed by atoms with Crippen LogP contribution in [0.25, 0.3) is 0 Å². The predicted molar refractivity (Wildman–Crippen MR) is 68.1 cm³/mol. The topological polar surface area (TPSA) is 89.6 Å². The second kappa shape index (κ2) is 5.40. The fourth-order valence-corrected chi connectivity index (χ4v) is 2.60. The van der Waals surface area contributed by atoms with Crippen LogP contribution in [-0.2, 0) is 20.9 Å². The molecule has 19 heavy (non-hydrogen) atoms. The summed E-state index contributed by atoms with van der Waals surface area (Å²) >= 11 is 0. The van der Waals surface area contributed by atoms with Gasteiger partial charge in [0.25, 0.3) is 0 Å². The van der Waals surface area contributed by atoms with Crippen LogP contribution in [0.4, 0.5) is 0 Å². The quantitative estimate of drug-likeness (QED) is 0.784. The molecule has 102 valence electrons. The lowest BCUT2D eigenvalue weighted by Gasteiger charge is -2.27. The molecule has 0 radical (unpaired) electrons. The van der Waals surface area contributed by atoms with E-state index in [0.717, 1.165) is 5.56 Å². The molecule has 0 heterocycles. The van der Waals surface area contributed by atoms with Gasteiger partial charge >= 0.3 is 5.97 Å². The van der Waals surface area contributed by atoms with Gasteiger partial charge in [-0.3, -0.25) is 9.59 Å². The molecule has 3 N–H and O–H groups in total. The van der Waals surface area contributed by atoms with Crippen molar-refractivity contribution in [3.05, 3.63) is 35.9 Å². The summed E-state index contributed by atoms with van der Waals surface area (Å²) in [6.45, 7) is 0.286. The van der Waals surface area contributed by atoms with Crippen molar-refractivity contribution < 1.29 is 19.4 Å². The third-order valence-corrected chi connectivity index (χ3v) is 3.70. The molecule has 5 nitrogen and oxygen atoms in total. The summed E-state index contributed by atoms with van der Waals surface area (Å²) in [6, 6.07) is 9.44. The van der Waals surface area contributed by atoms with Crippen LogP contribution < -0.4 is 5.73 Å². The van der Waals surface area contributed by atoms with Gasteiger partial charge in [0.15, 0.2) is 5.41 Å². The zero-order valence-corrected chi connectivity index (χ0v) is 10.5. The van der Waals surface area contributed by atoms with Crippen LogP contribution in [0, 0.1) is 5.41 Å². The summed E-state index contributed by atoms with van der Waals surface area (Å²) in [6.07, 6.45) is 0.774. The Balaban J connectivity index is 2.10. The molecule has 1 aromatic rings. The number of aliphatic carboxylic acids is 1. The normalized spacial score (nSPS) is 26.2. The highest BCUT2D eigenvalue weighted by atomic mass is 16.5. The lowest BCUT2D eigenvalue weighted by molar-refractivity contribution is -0.164. The Morgan fingerprint density at radius 2 is 2.05 bits per heavy atom. The van der Waals surface area contributed by atoms with Crippen molar-refractivity contribution in [1.29, 1.82) is 0 Å². The van der Waals surface area contributed by atoms with E-state index in [4.69, 9.17) is 10.5 Å². The van der Waals surface area contributed by atoms with E-state index >= 15 is 0 Å². The van der Waals surface area contributed by atoms with E-state index in [1.54, 1.807) is 0 Å². The van der Waals surface area contributed by atoms with Gasteiger partial charge in [0.05, 0.1) is 12.7 Å². The number of carbonyl (C=O) groups is 2. The summed E-state index contributed by atoms with van der Waals surface area (Å²) in [7, 11) is 0. The number of amides is 1. The first-order valence-electron chi connectivity index (χ1n) is 6.26. The summed E-state index contributed by atoms with van der Waals surface area (Å²) < 4.78 is 5.65. The van der Waals surface area contributed by atoms with Crippen molar-refractivity contribution in [3.8, 4) is 0 Å². The Kier molecular flexibility index (Phi) is 3.85. The number of nitrogens with two attached hydrogens (primary N) is 1. The smallest absolute Gasteiger partial charge is 0.321 e. The minimum Gasteiger partial charge on any atom is -0.480 e. The van der Waals surface area contributed by atoms with Crippen LogP contribution in [-0.4, -0.2) is 23.1 Å². The van der Waals surface area contributed by atoms with Gasteiger partial charge in [-0.1, -0.05) is 30.3 Å². The molecule has 1 aliphatic carbocycles. The second-order valence-corrected chi connectivity index (χ2v) is 4.82. The third-order valence-electron chi connectivity index (χ3n) is 3.70. The van der Waals surface area contributed by atoms with E-state index in [-0.39, 0.29) is 13.0 Å². The average Bonchev–Trinajstić information content (AvgIpc) is 2.82. The van der Waals surface area contributed by atoms with Crippen molar-refractivity contribution in [2.24, 2.45) is 11.1 Å². The van der Waals surface area contributed by atoms with Crippen molar-refractivity contribution in [2.75, 3.05) is 0 Å². The number of hydrogen-bond donors (Lipinski definition) is 2. The number of rotatable bonds is 5. The molecule has 1 aromatic carbocycles. The van der Waals surface area contributed by atoms with Gasteiger partial charge < -0.3 is 15.6 Å². The molecular formula is C14H17NO4. The molecule has 2 atom stereocenters. The van der Waals surface area contributed by atoms with Crippen LogP contribution in [0.2, 0.25) is 0 Å². The monoisotopic (exact) mass is 263 g/mol. The predicted octanol–water partition coefficient (Wildman–Crippen LogP) is 1.31. The number of benzene rings is 1. The second-order valence-electron chi connectivity index (χ2n) is 4.82. The van der Waals surface area contributed by atoms with Gasteiger partial charge in [-0.05, 0) is 24.8 Å². The highest BCUT2D eigenvalue weighted by Gasteiger charge is 2.55. The van der Waals surface area contributed by atoms with Gasteiger partial charge in [-0.15, -0.1) is 0 Å². The number of carboxylic acid groups (broad SMARTS) is 1. The Labute approximate surface area is 111 Å². The first kappa shape index (κ1) is 13.5. The lowest BCUT2D eigenvalue weighted by atomic mass is 9.83. The van der Waals surface area contributed by atoms with E-state index in [1.807, 2.05) is 30.3 Å². The van der Waals surface area contributed by atoms with Crippen molar-refractivity contribution in [3.63, 3.8) is 0 Å². The molecule has 1 aliphatic rings. The van der Waals surface area contributed by atoms with Crippen LogP contribution in [0.15, 0.2) is 30.3 Å². The molecule has 1 saturated carbocycles. The standard InChI is InChI=1S/C14H17NO4/c15-12(16)14(13(17)18)8-4-7-11(14)19-9-10-5-2-1-3-6-10/h1-3,5-6,11H,4,7-9H2,(H2,15,16)(H,17,18). The first-order chi connectivity index (χ1) is 9.07. The molecule has 2 rings (SSSR count). The lowest BCUT2D eigenvalue weighted by Crippen LogP contribution is -2.50. The van der Waals surface area contributed by atoms with Gasteiger partial charge in [0.2, 0.25) is 5.91 Å². The van der Waals surface area contributed by atoms with E-state index in [1.165, 1.54) is 0 Å². The summed E-state index contributed by atoms with van der Waals surface area (Å²) in [5, 5.41) is 9.32. The molecule has 1 fully saturated rings. The maximum Gasteiger partial charge on any atom is 0.321 e. The maximum absolute atomic E-state index is 11.5. The van der Waals surface area contributed by atoms with E-state index in [2.05, 4.69) is 0 Å². The average molecular weight is 263 g/mol. The van der Waals surface area contributed by atoms with E-state index in [9.17, 15) is 14.7 Å². The number of carboxylic acids is 1. The minimum absolute atomic E-state index is 0.247. The fourth-order valence-electron chi connectivity index (χ4n) is 2.60. The Bertz CT molecular complexity index is 458. The Hall–Kier alpha value is -1.88. The molecule has 1 amide bonds. The van der Waals surface area contributed by atoms with Crippen molar-refractivity contribution >= 4 is 11.9 Å². The maximum atomic E-state index is 11.5. The molecule has 5 heteroatoms.